The fourth-order valence-corrected chi connectivity index (χ4v) is 4.90. The summed E-state index contributed by atoms with van der Waals surface area (Å²) in [7, 11) is -5.45. The van der Waals surface area contributed by atoms with E-state index >= 15 is 0 Å². The van der Waals surface area contributed by atoms with Gasteiger partial charge < -0.3 is 5.32 Å². The summed E-state index contributed by atoms with van der Waals surface area (Å²) in [5, 5.41) is 2.47. The number of amides is 1. The average Bonchev–Trinajstić information content (AvgIpc) is 2.53. The maximum absolute atomic E-state index is 12.6. The number of hydrogen-bond donors (Lipinski definition) is 2. The van der Waals surface area contributed by atoms with Crippen LogP contribution in [0.5, 0.6) is 0 Å². The number of rotatable bonds is 5. The van der Waals surface area contributed by atoms with Crippen molar-refractivity contribution in [3.05, 3.63) is 29.8 Å². The van der Waals surface area contributed by atoms with E-state index in [0.717, 1.165) is 6.26 Å². The predicted octanol–water partition coefficient (Wildman–Crippen LogP) is -0.251. The van der Waals surface area contributed by atoms with E-state index in [4.69, 9.17) is 0 Å². The molecule has 10 heteroatoms. The van der Waals surface area contributed by atoms with Crippen LogP contribution >= 0.6 is 0 Å². The van der Waals surface area contributed by atoms with Crippen LogP contribution < -0.4 is 10.0 Å². The predicted molar refractivity (Wildman–Crippen MR) is 89.6 cm³/mol. The van der Waals surface area contributed by atoms with Crippen LogP contribution in [0.4, 0.5) is 0 Å². The van der Waals surface area contributed by atoms with E-state index in [1.807, 2.05) is 0 Å². The molecule has 0 aromatic heterocycles. The van der Waals surface area contributed by atoms with Crippen molar-refractivity contribution in [1.82, 2.24) is 14.3 Å². The lowest BCUT2D eigenvalue weighted by Gasteiger charge is -2.31. The molecule has 0 atom stereocenters. The zero-order valence-electron chi connectivity index (χ0n) is 13.5. The van der Waals surface area contributed by atoms with Crippen molar-refractivity contribution < 1.29 is 21.6 Å². The van der Waals surface area contributed by atoms with Crippen LogP contribution in [-0.4, -0.2) is 59.5 Å². The summed E-state index contributed by atoms with van der Waals surface area (Å²) in [5.41, 5.74) is 0.382. The molecule has 2 rings (SSSR count). The van der Waals surface area contributed by atoms with Crippen molar-refractivity contribution in [2.24, 2.45) is 0 Å². The number of carbonyl (C=O) groups excluding carboxylic acids is 1. The molecule has 0 saturated carbocycles. The molecular formula is C14H21N3O5S2. The van der Waals surface area contributed by atoms with Gasteiger partial charge in [-0.3, -0.25) is 4.79 Å². The third-order valence-electron chi connectivity index (χ3n) is 3.82. The zero-order valence-corrected chi connectivity index (χ0v) is 15.2. The van der Waals surface area contributed by atoms with Crippen molar-refractivity contribution in [3.63, 3.8) is 0 Å². The molecule has 134 valence electrons. The van der Waals surface area contributed by atoms with Gasteiger partial charge in [-0.2, -0.15) is 4.31 Å². The highest BCUT2D eigenvalue weighted by Gasteiger charge is 2.30. The lowest BCUT2D eigenvalue weighted by Crippen LogP contribution is -2.46. The van der Waals surface area contributed by atoms with Crippen LogP contribution in [0.25, 0.3) is 0 Å². The van der Waals surface area contributed by atoms with Crippen molar-refractivity contribution in [2.45, 2.75) is 23.8 Å². The molecule has 2 N–H and O–H groups in total. The first-order valence-corrected chi connectivity index (χ1v) is 10.8. The molecular weight excluding hydrogens is 354 g/mol. The minimum Gasteiger partial charge on any atom is -0.355 e. The first-order chi connectivity index (χ1) is 11.1. The van der Waals surface area contributed by atoms with E-state index in [-0.39, 0.29) is 29.9 Å². The van der Waals surface area contributed by atoms with Crippen LogP contribution in [0, 0.1) is 0 Å². The molecule has 1 amide bonds. The number of carbonyl (C=O) groups is 1. The van der Waals surface area contributed by atoms with Crippen molar-refractivity contribution in [3.8, 4) is 0 Å². The van der Waals surface area contributed by atoms with Gasteiger partial charge in [0.25, 0.3) is 5.91 Å². The number of benzene rings is 1. The summed E-state index contributed by atoms with van der Waals surface area (Å²) >= 11 is 0. The lowest BCUT2D eigenvalue weighted by molar-refractivity contribution is 0.0963. The smallest absolute Gasteiger partial charge is 0.251 e. The monoisotopic (exact) mass is 375 g/mol. The molecule has 24 heavy (non-hydrogen) atoms. The second-order valence-electron chi connectivity index (χ2n) is 5.67. The normalized spacial score (nSPS) is 17.6. The van der Waals surface area contributed by atoms with E-state index < -0.39 is 20.0 Å². The van der Waals surface area contributed by atoms with E-state index in [1.54, 1.807) is 0 Å². The van der Waals surface area contributed by atoms with Gasteiger partial charge in [0.05, 0.1) is 11.2 Å². The Morgan fingerprint density at radius 2 is 1.62 bits per heavy atom. The number of nitrogens with one attached hydrogen (secondary N) is 2. The fourth-order valence-electron chi connectivity index (χ4n) is 2.59. The van der Waals surface area contributed by atoms with Crippen LogP contribution in [0.2, 0.25) is 0 Å². The van der Waals surface area contributed by atoms with Crippen molar-refractivity contribution in [2.75, 3.05) is 26.4 Å². The minimum atomic E-state index is -3.65. The summed E-state index contributed by atoms with van der Waals surface area (Å²) in [6, 6.07) is 5.48. The summed E-state index contributed by atoms with van der Waals surface area (Å²) in [4.78, 5) is 11.6. The molecule has 1 fully saturated rings. The Hall–Kier alpha value is -1.49. The molecule has 1 saturated heterocycles. The Morgan fingerprint density at radius 1 is 1.08 bits per heavy atom. The quantitative estimate of drug-likeness (QED) is 0.737. The van der Waals surface area contributed by atoms with E-state index in [2.05, 4.69) is 10.0 Å². The van der Waals surface area contributed by atoms with Gasteiger partial charge in [-0.05, 0) is 37.1 Å². The first-order valence-electron chi connectivity index (χ1n) is 7.43. The Labute approximate surface area is 142 Å². The van der Waals surface area contributed by atoms with Crippen molar-refractivity contribution in [1.29, 1.82) is 0 Å². The first kappa shape index (κ1) is 18.8. The van der Waals surface area contributed by atoms with Gasteiger partial charge in [0.15, 0.2) is 0 Å². The number of nitrogens with zero attached hydrogens (tertiary/aromatic N) is 1. The fraction of sp³-hybridized carbons (Fsp3) is 0.500. The largest absolute Gasteiger partial charge is 0.355 e. The van der Waals surface area contributed by atoms with E-state index in [9.17, 15) is 21.6 Å². The van der Waals surface area contributed by atoms with E-state index in [0.29, 0.717) is 18.4 Å². The Balaban J connectivity index is 2.08. The molecule has 0 radical (unpaired) electrons. The highest BCUT2D eigenvalue weighted by molar-refractivity contribution is 7.89. The van der Waals surface area contributed by atoms with Gasteiger partial charge in [-0.1, -0.05) is 0 Å². The molecule has 8 nitrogen and oxygen atoms in total. The number of sulfonamides is 2. The van der Waals surface area contributed by atoms with Crippen LogP contribution in [0.1, 0.15) is 23.2 Å². The highest BCUT2D eigenvalue weighted by atomic mass is 32.2. The average molecular weight is 375 g/mol. The summed E-state index contributed by atoms with van der Waals surface area (Å²) in [6.45, 7) is 0.486. The summed E-state index contributed by atoms with van der Waals surface area (Å²) in [6.07, 6.45) is 1.93. The molecule has 1 aromatic carbocycles. The van der Waals surface area contributed by atoms with Gasteiger partial charge in [0.1, 0.15) is 0 Å². The highest BCUT2D eigenvalue weighted by Crippen LogP contribution is 2.21. The van der Waals surface area contributed by atoms with Gasteiger partial charge in [0, 0.05) is 31.7 Å². The topological polar surface area (TPSA) is 113 Å². The molecule has 0 unspecified atom stereocenters. The Morgan fingerprint density at radius 3 is 2.08 bits per heavy atom. The number of hydrogen-bond acceptors (Lipinski definition) is 5. The molecule has 0 spiro atoms. The minimum absolute atomic E-state index is 0.115. The van der Waals surface area contributed by atoms with Crippen LogP contribution in [-0.2, 0) is 20.0 Å². The standard InChI is InChI=1S/C14H21N3O5S2/c1-15-14(18)11-3-5-13(6-4-11)24(21,22)17-9-7-12(8-10-17)16-23(2,19)20/h3-6,12,16H,7-10H2,1-2H3,(H,15,18). The maximum atomic E-state index is 12.6. The third-order valence-corrected chi connectivity index (χ3v) is 6.49. The van der Waals surface area contributed by atoms with Crippen molar-refractivity contribution >= 4 is 26.0 Å². The van der Waals surface area contributed by atoms with Gasteiger partial charge in [-0.25, -0.2) is 21.6 Å². The molecule has 1 aromatic rings. The van der Waals surface area contributed by atoms with Gasteiger partial charge in [-0.15, -0.1) is 0 Å². The van der Waals surface area contributed by atoms with Gasteiger partial charge >= 0.3 is 0 Å². The Bertz CT molecular complexity index is 795. The maximum Gasteiger partial charge on any atom is 0.251 e. The molecule has 0 aliphatic carbocycles. The molecule has 1 heterocycles. The number of piperidine rings is 1. The SMILES string of the molecule is CNC(=O)c1ccc(S(=O)(=O)N2CCC(NS(C)(=O)=O)CC2)cc1. The van der Waals surface area contributed by atoms with Crippen LogP contribution in [0.15, 0.2) is 29.2 Å². The third kappa shape index (κ3) is 4.53. The molecule has 1 aliphatic rings. The second kappa shape index (κ2) is 7.18. The zero-order chi connectivity index (χ0) is 18.0. The molecule has 1 aliphatic heterocycles. The lowest BCUT2D eigenvalue weighted by atomic mass is 10.1. The van der Waals surface area contributed by atoms with Gasteiger partial charge in [0.2, 0.25) is 20.0 Å². The summed E-state index contributed by atoms with van der Waals surface area (Å²) < 4.78 is 51.5. The summed E-state index contributed by atoms with van der Waals surface area (Å²) in [5.74, 6) is -0.286. The van der Waals surface area contributed by atoms with Crippen LogP contribution in [0.3, 0.4) is 0 Å². The van der Waals surface area contributed by atoms with E-state index in [1.165, 1.54) is 35.6 Å². The second-order valence-corrected chi connectivity index (χ2v) is 9.39. The molecule has 0 bridgehead atoms. The Kier molecular flexibility index (Phi) is 5.63.